The summed E-state index contributed by atoms with van der Waals surface area (Å²) in [6.07, 6.45) is 7.55. The summed E-state index contributed by atoms with van der Waals surface area (Å²) in [5, 5.41) is 0. The molecule has 131 valence electrons. The highest BCUT2D eigenvalue weighted by Crippen LogP contribution is 2.38. The van der Waals surface area contributed by atoms with Crippen LogP contribution in [0.5, 0.6) is 0 Å². The molecular formula is C26H27. The van der Waals surface area contributed by atoms with Gasteiger partial charge in [-0.25, -0.2) is 0 Å². The first-order chi connectivity index (χ1) is 12.9. The van der Waals surface area contributed by atoms with Gasteiger partial charge in [0.05, 0.1) is 0 Å². The summed E-state index contributed by atoms with van der Waals surface area (Å²) in [4.78, 5) is 0. The molecular weight excluding hydrogens is 312 g/mol. The third kappa shape index (κ3) is 4.25. The highest BCUT2D eigenvalue weighted by molar-refractivity contribution is 5.43. The normalized spacial score (nSPS) is 14.3. The summed E-state index contributed by atoms with van der Waals surface area (Å²) in [6.45, 7) is 0. The SMILES string of the molecule is c1ccc(C[C](CC2CCC2)c2ccccc2Cc2ccccc2)cc1. The van der Waals surface area contributed by atoms with Gasteiger partial charge < -0.3 is 0 Å². The third-order valence-corrected chi connectivity index (χ3v) is 5.66. The van der Waals surface area contributed by atoms with E-state index >= 15 is 0 Å². The van der Waals surface area contributed by atoms with Crippen LogP contribution >= 0.6 is 0 Å². The van der Waals surface area contributed by atoms with Crippen LogP contribution in [-0.2, 0) is 12.8 Å². The summed E-state index contributed by atoms with van der Waals surface area (Å²) < 4.78 is 0. The Bertz CT molecular complexity index is 800. The van der Waals surface area contributed by atoms with Gasteiger partial charge in [-0.3, -0.25) is 0 Å². The molecule has 0 aliphatic heterocycles. The van der Waals surface area contributed by atoms with Crippen molar-refractivity contribution in [2.24, 2.45) is 5.92 Å². The van der Waals surface area contributed by atoms with Crippen molar-refractivity contribution < 1.29 is 0 Å². The van der Waals surface area contributed by atoms with Gasteiger partial charge in [-0.15, -0.1) is 0 Å². The minimum atomic E-state index is 0.887. The van der Waals surface area contributed by atoms with Crippen molar-refractivity contribution in [3.63, 3.8) is 0 Å². The first-order valence-electron chi connectivity index (χ1n) is 9.89. The Morgan fingerprint density at radius 2 is 1.31 bits per heavy atom. The maximum Gasteiger partial charge on any atom is 0.00989 e. The van der Waals surface area contributed by atoms with Crippen molar-refractivity contribution >= 4 is 0 Å². The van der Waals surface area contributed by atoms with Gasteiger partial charge in [0, 0.05) is 5.92 Å². The molecule has 1 saturated carbocycles. The monoisotopic (exact) mass is 339 g/mol. The van der Waals surface area contributed by atoms with E-state index in [1.165, 1.54) is 47.9 Å². The molecule has 1 aliphatic carbocycles. The molecule has 3 aromatic rings. The van der Waals surface area contributed by atoms with E-state index in [-0.39, 0.29) is 0 Å². The predicted octanol–water partition coefficient (Wildman–Crippen LogP) is 6.63. The quantitative estimate of drug-likeness (QED) is 0.453. The maximum atomic E-state index is 2.34. The molecule has 0 unspecified atom stereocenters. The molecule has 0 bridgehead atoms. The average molecular weight is 340 g/mol. The van der Waals surface area contributed by atoms with Gasteiger partial charge in [-0.05, 0) is 47.4 Å². The molecule has 3 aromatic carbocycles. The summed E-state index contributed by atoms with van der Waals surface area (Å²) >= 11 is 0. The molecule has 1 radical (unpaired) electrons. The van der Waals surface area contributed by atoms with Crippen molar-refractivity contribution in [1.82, 2.24) is 0 Å². The fourth-order valence-electron chi connectivity index (χ4n) is 4.00. The summed E-state index contributed by atoms with van der Waals surface area (Å²) in [7, 11) is 0. The van der Waals surface area contributed by atoms with Crippen LogP contribution in [0.25, 0.3) is 0 Å². The Morgan fingerprint density at radius 3 is 1.96 bits per heavy atom. The predicted molar refractivity (Wildman–Crippen MR) is 110 cm³/mol. The highest BCUT2D eigenvalue weighted by atomic mass is 14.3. The second-order valence-electron chi connectivity index (χ2n) is 7.59. The van der Waals surface area contributed by atoms with Crippen molar-refractivity contribution in [3.8, 4) is 0 Å². The van der Waals surface area contributed by atoms with Crippen LogP contribution in [0.2, 0.25) is 0 Å². The lowest BCUT2D eigenvalue weighted by molar-refractivity contribution is 0.302. The van der Waals surface area contributed by atoms with Crippen LogP contribution in [0.4, 0.5) is 0 Å². The smallest absolute Gasteiger partial charge is 0.00989 e. The van der Waals surface area contributed by atoms with Gasteiger partial charge >= 0.3 is 0 Å². The lowest BCUT2D eigenvalue weighted by Crippen LogP contribution is -2.18. The van der Waals surface area contributed by atoms with E-state index in [4.69, 9.17) is 0 Å². The first kappa shape index (κ1) is 17.1. The molecule has 1 fully saturated rings. The first-order valence-corrected chi connectivity index (χ1v) is 9.89. The van der Waals surface area contributed by atoms with Crippen LogP contribution in [0.3, 0.4) is 0 Å². The van der Waals surface area contributed by atoms with Crippen molar-refractivity contribution in [2.75, 3.05) is 0 Å². The lowest BCUT2D eigenvalue weighted by Gasteiger charge is -2.30. The molecule has 0 amide bonds. The zero-order chi connectivity index (χ0) is 17.6. The van der Waals surface area contributed by atoms with E-state index in [0.29, 0.717) is 0 Å². The average Bonchev–Trinajstić information content (AvgIpc) is 2.66. The molecule has 0 atom stereocenters. The molecule has 26 heavy (non-hydrogen) atoms. The number of rotatable bonds is 7. The van der Waals surface area contributed by atoms with Crippen molar-refractivity contribution in [1.29, 1.82) is 0 Å². The van der Waals surface area contributed by atoms with E-state index in [1.807, 2.05) is 0 Å². The second-order valence-corrected chi connectivity index (χ2v) is 7.59. The Balaban J connectivity index is 1.61. The zero-order valence-corrected chi connectivity index (χ0v) is 15.4. The zero-order valence-electron chi connectivity index (χ0n) is 15.4. The lowest BCUT2D eigenvalue weighted by atomic mass is 9.74. The minimum Gasteiger partial charge on any atom is -0.0622 e. The van der Waals surface area contributed by atoms with Gasteiger partial charge in [0.15, 0.2) is 0 Å². The van der Waals surface area contributed by atoms with Gasteiger partial charge in [0.25, 0.3) is 0 Å². The third-order valence-electron chi connectivity index (χ3n) is 5.66. The fourth-order valence-corrected chi connectivity index (χ4v) is 4.00. The Hall–Kier alpha value is -2.34. The molecule has 0 aromatic heterocycles. The fraction of sp³-hybridized carbons (Fsp3) is 0.269. The van der Waals surface area contributed by atoms with E-state index in [0.717, 1.165) is 18.8 Å². The van der Waals surface area contributed by atoms with Crippen molar-refractivity contribution in [2.45, 2.75) is 38.5 Å². The molecule has 1 aliphatic rings. The molecule has 4 rings (SSSR count). The van der Waals surface area contributed by atoms with Crippen LogP contribution in [0.15, 0.2) is 84.9 Å². The Kier molecular flexibility index (Phi) is 5.50. The Labute approximate surface area is 157 Å². The van der Waals surface area contributed by atoms with Gasteiger partial charge in [0.2, 0.25) is 0 Å². The topological polar surface area (TPSA) is 0 Å². The van der Waals surface area contributed by atoms with E-state index in [2.05, 4.69) is 84.9 Å². The van der Waals surface area contributed by atoms with Crippen LogP contribution < -0.4 is 0 Å². The van der Waals surface area contributed by atoms with Crippen LogP contribution in [-0.4, -0.2) is 0 Å². The summed E-state index contributed by atoms with van der Waals surface area (Å²) in [5.41, 5.74) is 5.76. The number of hydrogen-bond acceptors (Lipinski definition) is 0. The minimum absolute atomic E-state index is 0.887. The standard InChI is InChI=1S/C26H27/c1-3-10-21(11-4-1)18-24-16-7-8-17-26(24)25(20-23-14-9-15-23)19-22-12-5-2-6-13-22/h1-8,10-13,16-17,23H,9,14-15,18-20H2. The second kappa shape index (κ2) is 8.36. The van der Waals surface area contributed by atoms with E-state index in [1.54, 1.807) is 5.92 Å². The highest BCUT2D eigenvalue weighted by Gasteiger charge is 2.25. The number of hydrogen-bond donors (Lipinski definition) is 0. The summed E-state index contributed by atoms with van der Waals surface area (Å²) in [5.74, 6) is 2.51. The van der Waals surface area contributed by atoms with Crippen molar-refractivity contribution in [3.05, 3.63) is 113 Å². The molecule has 0 spiro atoms. The van der Waals surface area contributed by atoms with E-state index < -0.39 is 0 Å². The molecule has 0 nitrogen and oxygen atoms in total. The molecule has 0 heteroatoms. The van der Waals surface area contributed by atoms with Crippen LogP contribution in [0.1, 0.15) is 47.9 Å². The van der Waals surface area contributed by atoms with Gasteiger partial charge in [-0.1, -0.05) is 104 Å². The maximum absolute atomic E-state index is 2.34. The summed E-state index contributed by atoms with van der Waals surface area (Å²) in [6, 6.07) is 30.8. The molecule has 0 saturated heterocycles. The molecule has 0 N–H and O–H groups in total. The van der Waals surface area contributed by atoms with Gasteiger partial charge in [0.1, 0.15) is 0 Å². The molecule has 0 heterocycles. The number of benzene rings is 3. The van der Waals surface area contributed by atoms with E-state index in [9.17, 15) is 0 Å². The van der Waals surface area contributed by atoms with Gasteiger partial charge in [-0.2, -0.15) is 0 Å². The largest absolute Gasteiger partial charge is 0.0622 e. The van der Waals surface area contributed by atoms with Crippen LogP contribution in [0, 0.1) is 11.8 Å². The Morgan fingerprint density at radius 1 is 0.692 bits per heavy atom.